The van der Waals surface area contributed by atoms with Crippen molar-refractivity contribution in [2.24, 2.45) is 7.05 Å². The number of aromatic amines is 1. The number of halogens is 3. The lowest BCUT2D eigenvalue weighted by Gasteiger charge is -2.33. The minimum absolute atomic E-state index is 0.0370. The topological polar surface area (TPSA) is 63.0 Å². The molecule has 206 valence electrons. The van der Waals surface area contributed by atoms with Crippen molar-refractivity contribution in [2.75, 3.05) is 13.1 Å². The van der Waals surface area contributed by atoms with Gasteiger partial charge in [-0.2, -0.15) is 13.2 Å². The fourth-order valence-corrected chi connectivity index (χ4v) is 6.10. The third kappa shape index (κ3) is 4.69. The maximum atomic E-state index is 13.7. The van der Waals surface area contributed by atoms with Gasteiger partial charge in [0, 0.05) is 55.6 Å². The number of fused-ring (bicyclic) bond motifs is 2. The van der Waals surface area contributed by atoms with Gasteiger partial charge in [0.15, 0.2) is 0 Å². The molecule has 0 unspecified atom stereocenters. The lowest BCUT2D eigenvalue weighted by molar-refractivity contribution is -0.137. The summed E-state index contributed by atoms with van der Waals surface area (Å²) in [5.41, 5.74) is 2.97. The maximum absolute atomic E-state index is 13.7. The van der Waals surface area contributed by atoms with Crippen molar-refractivity contribution >= 4 is 27.8 Å². The zero-order chi connectivity index (χ0) is 28.0. The van der Waals surface area contributed by atoms with Gasteiger partial charge in [-0.3, -0.25) is 9.36 Å². The van der Waals surface area contributed by atoms with Crippen LogP contribution >= 0.6 is 0 Å². The molecule has 6 nitrogen and oxygen atoms in total. The van der Waals surface area contributed by atoms with Crippen LogP contribution in [0.4, 0.5) is 13.2 Å². The lowest BCUT2D eigenvalue weighted by atomic mass is 9.86. The molecule has 1 amide bonds. The number of aromatic nitrogens is 3. The summed E-state index contributed by atoms with van der Waals surface area (Å²) < 4.78 is 44.6. The Morgan fingerprint density at radius 1 is 0.975 bits per heavy atom. The number of benzene rings is 3. The highest BCUT2D eigenvalue weighted by Crippen LogP contribution is 2.38. The molecular weight excluding hydrogens is 517 g/mol. The van der Waals surface area contributed by atoms with Crippen LogP contribution in [0, 0.1) is 0 Å². The van der Waals surface area contributed by atoms with E-state index in [1.165, 1.54) is 6.07 Å². The number of likely N-dealkylation sites (tertiary alicyclic amines) is 1. The molecule has 1 aliphatic heterocycles. The van der Waals surface area contributed by atoms with Gasteiger partial charge in [0.2, 0.25) is 5.91 Å². The largest absolute Gasteiger partial charge is 0.416 e. The van der Waals surface area contributed by atoms with Gasteiger partial charge in [0.1, 0.15) is 0 Å². The van der Waals surface area contributed by atoms with Crippen LogP contribution in [0.1, 0.15) is 47.9 Å². The Bertz CT molecular complexity index is 1760. The fourth-order valence-electron chi connectivity index (χ4n) is 6.10. The van der Waals surface area contributed by atoms with Crippen LogP contribution in [0.5, 0.6) is 0 Å². The van der Waals surface area contributed by atoms with Crippen molar-refractivity contribution in [2.45, 2.75) is 37.4 Å². The van der Waals surface area contributed by atoms with E-state index in [4.69, 9.17) is 0 Å². The quantitative estimate of drug-likeness (QED) is 0.284. The first-order valence-corrected chi connectivity index (χ1v) is 13.4. The van der Waals surface area contributed by atoms with Crippen molar-refractivity contribution in [1.82, 2.24) is 19.0 Å². The zero-order valence-electron chi connectivity index (χ0n) is 22.0. The maximum Gasteiger partial charge on any atom is 0.416 e. The molecule has 3 heterocycles. The molecule has 1 aliphatic rings. The summed E-state index contributed by atoms with van der Waals surface area (Å²) in [6, 6.07) is 20.5. The number of aryl methyl sites for hydroxylation is 1. The summed E-state index contributed by atoms with van der Waals surface area (Å²) in [5.74, 6) is -0.657. The summed E-state index contributed by atoms with van der Waals surface area (Å²) in [6.45, 7) is 0.945. The van der Waals surface area contributed by atoms with E-state index in [2.05, 4.69) is 4.98 Å². The van der Waals surface area contributed by atoms with Crippen LogP contribution in [0.15, 0.2) is 83.8 Å². The molecule has 5 aromatic rings. The number of amides is 1. The highest BCUT2D eigenvalue weighted by atomic mass is 19.4. The van der Waals surface area contributed by atoms with Crippen LogP contribution in [-0.4, -0.2) is 38.0 Å². The molecular formula is C31H29F3N4O2. The average molecular weight is 547 g/mol. The van der Waals surface area contributed by atoms with E-state index in [0.717, 1.165) is 39.6 Å². The van der Waals surface area contributed by atoms with Crippen molar-refractivity contribution in [3.8, 4) is 0 Å². The number of hydrogen-bond donors (Lipinski definition) is 1. The minimum Gasteiger partial charge on any atom is -0.350 e. The van der Waals surface area contributed by atoms with Crippen LogP contribution in [0.3, 0.4) is 0 Å². The molecule has 6 rings (SSSR count). The van der Waals surface area contributed by atoms with E-state index < -0.39 is 17.7 Å². The lowest BCUT2D eigenvalue weighted by Crippen LogP contribution is -2.41. The number of alkyl halides is 3. The van der Waals surface area contributed by atoms with Gasteiger partial charge >= 0.3 is 11.9 Å². The molecule has 1 N–H and O–H groups in total. The summed E-state index contributed by atoms with van der Waals surface area (Å²) >= 11 is 0. The Morgan fingerprint density at radius 3 is 2.42 bits per heavy atom. The molecule has 0 saturated carbocycles. The first kappa shape index (κ1) is 26.0. The summed E-state index contributed by atoms with van der Waals surface area (Å²) in [7, 11) is 1.90. The molecule has 40 heavy (non-hydrogen) atoms. The number of piperidine rings is 1. The third-order valence-electron chi connectivity index (χ3n) is 8.10. The van der Waals surface area contributed by atoms with Crippen molar-refractivity contribution in [1.29, 1.82) is 0 Å². The van der Waals surface area contributed by atoms with Gasteiger partial charge in [-0.05, 0) is 48.2 Å². The molecule has 0 radical (unpaired) electrons. The molecule has 0 spiro atoms. The first-order valence-electron chi connectivity index (χ1n) is 13.4. The molecule has 9 heteroatoms. The molecule has 1 atom stereocenters. The van der Waals surface area contributed by atoms with Crippen LogP contribution in [-0.2, 0) is 18.0 Å². The fraction of sp³-hybridized carbons (Fsp3) is 0.290. The van der Waals surface area contributed by atoms with Crippen molar-refractivity contribution < 1.29 is 18.0 Å². The number of para-hydroxylation sites is 3. The predicted molar refractivity (Wildman–Crippen MR) is 148 cm³/mol. The molecule has 3 aromatic carbocycles. The van der Waals surface area contributed by atoms with Crippen molar-refractivity contribution in [3.63, 3.8) is 0 Å². The highest BCUT2D eigenvalue weighted by molar-refractivity contribution is 5.86. The van der Waals surface area contributed by atoms with Gasteiger partial charge < -0.3 is 14.5 Å². The Hall–Kier alpha value is -4.27. The Labute approximate surface area is 228 Å². The SMILES string of the molecule is Cn1cc([C@@H](CC(=O)N2CCC(n3c(=O)[nH]c4ccccc43)CC2)c2cccc(C(F)(F)F)c2)c2ccccc21. The summed E-state index contributed by atoms with van der Waals surface area (Å²) in [6.07, 6.45) is -1.27. The number of nitrogens with zero attached hydrogens (tertiary/aromatic N) is 3. The van der Waals surface area contributed by atoms with Gasteiger partial charge in [0.05, 0.1) is 16.6 Å². The smallest absolute Gasteiger partial charge is 0.350 e. The Balaban J connectivity index is 1.28. The predicted octanol–water partition coefficient (Wildman–Crippen LogP) is 6.23. The Kier molecular flexibility index (Phi) is 6.52. The van der Waals surface area contributed by atoms with Crippen LogP contribution in [0.2, 0.25) is 0 Å². The van der Waals surface area contributed by atoms with Gasteiger partial charge in [-0.25, -0.2) is 4.79 Å². The second kappa shape index (κ2) is 10.0. The highest BCUT2D eigenvalue weighted by Gasteiger charge is 2.33. The minimum atomic E-state index is -4.48. The summed E-state index contributed by atoms with van der Waals surface area (Å²) in [5, 5.41) is 0.914. The molecule has 1 saturated heterocycles. The Morgan fingerprint density at radius 2 is 1.68 bits per heavy atom. The number of carbonyl (C=O) groups is 1. The van der Waals surface area contributed by atoms with Gasteiger partial charge in [-0.15, -0.1) is 0 Å². The number of imidazole rings is 1. The van der Waals surface area contributed by atoms with E-state index in [0.29, 0.717) is 31.5 Å². The van der Waals surface area contributed by atoms with Crippen LogP contribution in [0.25, 0.3) is 21.9 Å². The third-order valence-corrected chi connectivity index (χ3v) is 8.10. The number of hydrogen-bond acceptors (Lipinski definition) is 2. The van der Waals surface area contributed by atoms with E-state index in [-0.39, 0.29) is 24.1 Å². The number of nitrogens with one attached hydrogen (secondary N) is 1. The molecule has 0 bridgehead atoms. The van der Waals surface area contributed by atoms with Gasteiger partial charge in [-0.1, -0.05) is 48.5 Å². The zero-order valence-corrected chi connectivity index (χ0v) is 22.0. The van der Waals surface area contributed by atoms with E-state index >= 15 is 0 Å². The number of rotatable bonds is 5. The average Bonchev–Trinajstić information content (AvgIpc) is 3.47. The normalized spacial score (nSPS) is 15.7. The summed E-state index contributed by atoms with van der Waals surface area (Å²) in [4.78, 5) is 31.0. The van der Waals surface area contributed by atoms with E-state index in [1.54, 1.807) is 15.5 Å². The van der Waals surface area contributed by atoms with E-state index in [1.807, 2.05) is 66.3 Å². The molecule has 1 fully saturated rings. The monoisotopic (exact) mass is 546 g/mol. The van der Waals surface area contributed by atoms with E-state index in [9.17, 15) is 22.8 Å². The van der Waals surface area contributed by atoms with Crippen molar-refractivity contribution in [3.05, 3.63) is 106 Å². The first-order chi connectivity index (χ1) is 19.2. The standard InChI is InChI=1S/C31H29F3N4O2/c1-36-19-25(23-9-2-4-11-27(23)36)24(20-7-6-8-21(17-20)31(32,33)34)18-29(39)37-15-13-22(14-16-37)38-28-12-5-3-10-26(28)35-30(38)40/h2-12,17,19,22,24H,13-16,18H2,1H3,(H,35,40)/t24-/m0/s1. The molecule has 0 aliphatic carbocycles. The van der Waals surface area contributed by atoms with Crippen LogP contribution < -0.4 is 5.69 Å². The van der Waals surface area contributed by atoms with Gasteiger partial charge in [0.25, 0.3) is 0 Å². The second-order valence-corrected chi connectivity index (χ2v) is 10.5. The molecule has 2 aromatic heterocycles. The second-order valence-electron chi connectivity index (χ2n) is 10.5. The number of carbonyl (C=O) groups excluding carboxylic acids is 1. The number of H-pyrrole nitrogens is 1.